The van der Waals surface area contributed by atoms with Gasteiger partial charge in [-0.3, -0.25) is 0 Å². The van der Waals surface area contributed by atoms with Crippen LogP contribution in [0.25, 0.3) is 11.3 Å². The van der Waals surface area contributed by atoms with Gasteiger partial charge >= 0.3 is 0 Å². The molecular weight excluding hydrogens is 366 g/mol. The van der Waals surface area contributed by atoms with Gasteiger partial charge in [-0.15, -0.1) is 5.10 Å². The second kappa shape index (κ2) is 7.02. The van der Waals surface area contributed by atoms with Gasteiger partial charge < -0.3 is 9.64 Å². The van der Waals surface area contributed by atoms with E-state index in [9.17, 15) is 0 Å². The van der Waals surface area contributed by atoms with Gasteiger partial charge in [0.2, 0.25) is 5.88 Å². The molecule has 150 valence electrons. The van der Waals surface area contributed by atoms with Crippen molar-refractivity contribution in [2.24, 2.45) is 5.92 Å². The lowest BCUT2D eigenvalue weighted by molar-refractivity contribution is 0.213. The highest BCUT2D eigenvalue weighted by molar-refractivity contribution is 5.51. The van der Waals surface area contributed by atoms with Crippen LogP contribution >= 0.6 is 0 Å². The number of imidazole rings is 1. The van der Waals surface area contributed by atoms with E-state index in [1.54, 1.807) is 6.20 Å². The van der Waals surface area contributed by atoms with E-state index in [0.717, 1.165) is 60.1 Å². The maximum Gasteiger partial charge on any atom is 0.231 e. The normalized spacial score (nSPS) is 15.5. The third kappa shape index (κ3) is 3.28. The van der Waals surface area contributed by atoms with E-state index in [1.165, 1.54) is 0 Å². The standard InChI is InChI=1S/C21H25N7O/c1-14-12-21(28-19(23-14)6-9-22-28)26-10-7-17(8-11-26)13-29-20-5-4-18-24-15(2)16(3)27(18)25-20/h4-6,9,12,17H,7-8,10-11,13H2,1-3H3. The Balaban J connectivity index is 1.23. The fourth-order valence-corrected chi connectivity index (χ4v) is 3.99. The number of anilines is 1. The van der Waals surface area contributed by atoms with Gasteiger partial charge in [-0.2, -0.15) is 9.61 Å². The molecule has 1 fully saturated rings. The average molecular weight is 391 g/mol. The van der Waals surface area contributed by atoms with Crippen molar-refractivity contribution in [3.8, 4) is 5.88 Å². The molecule has 0 amide bonds. The Morgan fingerprint density at radius 1 is 1.00 bits per heavy atom. The van der Waals surface area contributed by atoms with Crippen molar-refractivity contribution in [2.75, 3.05) is 24.6 Å². The predicted molar refractivity (Wildman–Crippen MR) is 111 cm³/mol. The van der Waals surface area contributed by atoms with Crippen LogP contribution in [-0.2, 0) is 0 Å². The summed E-state index contributed by atoms with van der Waals surface area (Å²) in [7, 11) is 0. The van der Waals surface area contributed by atoms with E-state index in [4.69, 9.17) is 4.74 Å². The molecule has 0 bridgehead atoms. The molecule has 0 N–H and O–H groups in total. The molecule has 5 heterocycles. The fourth-order valence-electron chi connectivity index (χ4n) is 3.99. The second-order valence-electron chi connectivity index (χ2n) is 7.82. The van der Waals surface area contributed by atoms with Gasteiger partial charge in [0, 0.05) is 37.0 Å². The van der Waals surface area contributed by atoms with Crippen molar-refractivity contribution < 1.29 is 4.74 Å². The highest BCUT2D eigenvalue weighted by Gasteiger charge is 2.22. The summed E-state index contributed by atoms with van der Waals surface area (Å²) in [5, 5.41) is 9.02. The van der Waals surface area contributed by atoms with Gasteiger partial charge in [-0.25, -0.2) is 14.5 Å². The molecule has 29 heavy (non-hydrogen) atoms. The molecule has 0 spiro atoms. The summed E-state index contributed by atoms with van der Waals surface area (Å²) in [5.74, 6) is 2.30. The first-order valence-electron chi connectivity index (χ1n) is 10.1. The molecule has 8 nitrogen and oxygen atoms in total. The molecular formula is C21H25N7O. The molecule has 0 atom stereocenters. The SMILES string of the molecule is Cc1cc(N2CCC(COc3ccc4nc(C)c(C)n4n3)CC2)n2nccc2n1. The van der Waals surface area contributed by atoms with E-state index >= 15 is 0 Å². The second-order valence-corrected chi connectivity index (χ2v) is 7.82. The molecule has 0 unspecified atom stereocenters. The van der Waals surface area contributed by atoms with E-state index in [1.807, 2.05) is 48.0 Å². The summed E-state index contributed by atoms with van der Waals surface area (Å²) in [6.45, 7) is 8.71. The lowest BCUT2D eigenvalue weighted by Crippen LogP contribution is -2.36. The molecule has 4 aromatic rings. The van der Waals surface area contributed by atoms with Crippen molar-refractivity contribution in [1.29, 1.82) is 0 Å². The highest BCUT2D eigenvalue weighted by Crippen LogP contribution is 2.25. The number of hydrogen-bond donors (Lipinski definition) is 0. The number of fused-ring (bicyclic) bond motifs is 2. The van der Waals surface area contributed by atoms with Crippen molar-refractivity contribution in [1.82, 2.24) is 29.2 Å². The molecule has 0 radical (unpaired) electrons. The first-order chi connectivity index (χ1) is 14.1. The zero-order valence-corrected chi connectivity index (χ0v) is 17.0. The Morgan fingerprint density at radius 2 is 1.79 bits per heavy atom. The zero-order chi connectivity index (χ0) is 20.0. The zero-order valence-electron chi connectivity index (χ0n) is 17.0. The molecule has 1 aliphatic heterocycles. The molecule has 1 saturated heterocycles. The third-order valence-electron chi connectivity index (χ3n) is 5.79. The Labute approximate surface area is 169 Å². The topological polar surface area (TPSA) is 72.8 Å². The van der Waals surface area contributed by atoms with Crippen LogP contribution in [0.3, 0.4) is 0 Å². The lowest BCUT2D eigenvalue weighted by atomic mass is 9.98. The summed E-state index contributed by atoms with van der Waals surface area (Å²) >= 11 is 0. The quantitative estimate of drug-likeness (QED) is 0.533. The summed E-state index contributed by atoms with van der Waals surface area (Å²) in [6.07, 6.45) is 3.96. The van der Waals surface area contributed by atoms with Crippen LogP contribution in [0.1, 0.15) is 29.9 Å². The van der Waals surface area contributed by atoms with Crippen LogP contribution in [0.5, 0.6) is 5.88 Å². The summed E-state index contributed by atoms with van der Waals surface area (Å²) in [6, 6.07) is 7.94. The molecule has 0 saturated carbocycles. The van der Waals surface area contributed by atoms with Crippen LogP contribution in [0.15, 0.2) is 30.5 Å². The number of rotatable bonds is 4. The minimum atomic E-state index is 0.519. The molecule has 4 aromatic heterocycles. The Bertz CT molecular complexity index is 1170. The molecule has 0 aliphatic carbocycles. The number of piperidine rings is 1. The largest absolute Gasteiger partial charge is 0.476 e. The third-order valence-corrected chi connectivity index (χ3v) is 5.79. The van der Waals surface area contributed by atoms with Gasteiger partial charge in [0.15, 0.2) is 11.3 Å². The minimum absolute atomic E-state index is 0.519. The lowest BCUT2D eigenvalue weighted by Gasteiger charge is -2.33. The first-order valence-corrected chi connectivity index (χ1v) is 10.1. The maximum atomic E-state index is 6.03. The molecule has 0 aromatic carbocycles. The number of nitrogens with zero attached hydrogens (tertiary/aromatic N) is 7. The smallest absolute Gasteiger partial charge is 0.231 e. The monoisotopic (exact) mass is 391 g/mol. The minimum Gasteiger partial charge on any atom is -0.476 e. The fraction of sp³-hybridized carbons (Fsp3) is 0.429. The Hall–Kier alpha value is -3.16. The van der Waals surface area contributed by atoms with E-state index in [-0.39, 0.29) is 0 Å². The number of aromatic nitrogens is 6. The molecule has 5 rings (SSSR count). The van der Waals surface area contributed by atoms with Crippen LogP contribution in [0.2, 0.25) is 0 Å². The van der Waals surface area contributed by atoms with Gasteiger partial charge in [-0.05, 0) is 45.6 Å². The Morgan fingerprint density at radius 3 is 2.62 bits per heavy atom. The van der Waals surface area contributed by atoms with Gasteiger partial charge in [0.1, 0.15) is 5.82 Å². The first kappa shape index (κ1) is 17.9. The number of ether oxygens (including phenoxy) is 1. The van der Waals surface area contributed by atoms with Crippen molar-refractivity contribution in [3.05, 3.63) is 47.5 Å². The highest BCUT2D eigenvalue weighted by atomic mass is 16.5. The van der Waals surface area contributed by atoms with Gasteiger partial charge in [0.05, 0.1) is 24.2 Å². The molecule has 1 aliphatic rings. The number of hydrogen-bond acceptors (Lipinski definition) is 6. The van der Waals surface area contributed by atoms with Crippen LogP contribution in [-0.4, -0.2) is 48.9 Å². The van der Waals surface area contributed by atoms with Crippen LogP contribution < -0.4 is 9.64 Å². The van der Waals surface area contributed by atoms with E-state index in [2.05, 4.69) is 31.1 Å². The van der Waals surface area contributed by atoms with Crippen LogP contribution in [0.4, 0.5) is 5.82 Å². The van der Waals surface area contributed by atoms with E-state index in [0.29, 0.717) is 18.4 Å². The van der Waals surface area contributed by atoms with Gasteiger partial charge in [0.25, 0.3) is 0 Å². The summed E-state index contributed by atoms with van der Waals surface area (Å²) in [4.78, 5) is 11.4. The van der Waals surface area contributed by atoms with Crippen molar-refractivity contribution in [3.63, 3.8) is 0 Å². The predicted octanol–water partition coefficient (Wildman–Crippen LogP) is 2.99. The van der Waals surface area contributed by atoms with E-state index < -0.39 is 0 Å². The van der Waals surface area contributed by atoms with Crippen LogP contribution in [0, 0.1) is 26.7 Å². The van der Waals surface area contributed by atoms with Gasteiger partial charge in [-0.1, -0.05) is 0 Å². The van der Waals surface area contributed by atoms with Crippen molar-refractivity contribution >= 4 is 17.1 Å². The maximum absolute atomic E-state index is 6.03. The summed E-state index contributed by atoms with van der Waals surface area (Å²) < 4.78 is 9.81. The average Bonchev–Trinajstić information content (AvgIpc) is 3.31. The Kier molecular flexibility index (Phi) is 4.34. The summed E-state index contributed by atoms with van der Waals surface area (Å²) in [5.41, 5.74) is 4.83. The molecule has 8 heteroatoms. The van der Waals surface area contributed by atoms with Crippen molar-refractivity contribution in [2.45, 2.75) is 33.6 Å². The number of aryl methyl sites for hydroxylation is 3.